The topological polar surface area (TPSA) is 72.2 Å². The number of nitrogens with one attached hydrogen (secondary N) is 1. The maximum atomic E-state index is 13.7. The highest BCUT2D eigenvalue weighted by Gasteiger charge is 2.15. The highest BCUT2D eigenvalue weighted by atomic mass is 32.2. The molecule has 0 fully saturated rings. The predicted molar refractivity (Wildman–Crippen MR) is 70.1 cm³/mol. The van der Waals surface area contributed by atoms with Gasteiger partial charge in [0, 0.05) is 23.6 Å². The fourth-order valence-electron chi connectivity index (χ4n) is 1.81. The Kier molecular flexibility index (Phi) is 5.25. The van der Waals surface area contributed by atoms with Crippen molar-refractivity contribution < 1.29 is 12.8 Å². The van der Waals surface area contributed by atoms with E-state index >= 15 is 0 Å². The molecule has 0 saturated carbocycles. The van der Waals surface area contributed by atoms with Crippen LogP contribution >= 0.6 is 0 Å². The number of rotatable bonds is 6. The average Bonchev–Trinajstić information content (AvgIpc) is 2.27. The van der Waals surface area contributed by atoms with E-state index in [4.69, 9.17) is 5.84 Å². The van der Waals surface area contributed by atoms with E-state index in [2.05, 4.69) is 5.43 Å². The van der Waals surface area contributed by atoms with Crippen molar-refractivity contribution in [3.05, 3.63) is 35.1 Å². The number of halogens is 1. The van der Waals surface area contributed by atoms with Crippen molar-refractivity contribution in [1.29, 1.82) is 0 Å². The van der Waals surface area contributed by atoms with Gasteiger partial charge in [0.05, 0.1) is 0 Å². The first-order chi connectivity index (χ1) is 8.33. The summed E-state index contributed by atoms with van der Waals surface area (Å²) in [6.07, 6.45) is 2.11. The summed E-state index contributed by atoms with van der Waals surface area (Å²) in [4.78, 5) is 0. The quantitative estimate of drug-likeness (QED) is 0.608. The van der Waals surface area contributed by atoms with Crippen LogP contribution in [0.3, 0.4) is 0 Å². The van der Waals surface area contributed by atoms with E-state index in [-0.39, 0.29) is 17.6 Å². The Morgan fingerprint density at radius 3 is 2.67 bits per heavy atom. The van der Waals surface area contributed by atoms with Gasteiger partial charge in [0.1, 0.15) is 15.7 Å². The van der Waals surface area contributed by atoms with Crippen molar-refractivity contribution in [3.63, 3.8) is 0 Å². The lowest BCUT2D eigenvalue weighted by Crippen LogP contribution is -2.29. The Morgan fingerprint density at radius 2 is 2.11 bits per heavy atom. The number of hydrogen-bond acceptors (Lipinski definition) is 4. The molecule has 3 N–H and O–H groups in total. The maximum absolute atomic E-state index is 13.7. The molecule has 0 radical (unpaired) electrons. The summed E-state index contributed by atoms with van der Waals surface area (Å²) in [5.41, 5.74) is 3.96. The monoisotopic (exact) mass is 274 g/mol. The van der Waals surface area contributed by atoms with Crippen LogP contribution in [0.5, 0.6) is 0 Å². The molecule has 0 aliphatic heterocycles. The Morgan fingerprint density at radius 1 is 1.44 bits per heavy atom. The smallest absolute Gasteiger partial charge is 0.147 e. The lowest BCUT2D eigenvalue weighted by atomic mass is 10.0. The van der Waals surface area contributed by atoms with E-state index < -0.39 is 9.84 Å². The Hall–Kier alpha value is -0.980. The molecule has 18 heavy (non-hydrogen) atoms. The minimum atomic E-state index is -2.99. The van der Waals surface area contributed by atoms with E-state index in [0.29, 0.717) is 18.4 Å². The van der Waals surface area contributed by atoms with Crippen LogP contribution in [-0.2, 0) is 9.84 Å². The Bertz CT molecular complexity index is 503. The van der Waals surface area contributed by atoms with Gasteiger partial charge >= 0.3 is 0 Å². The first-order valence-electron chi connectivity index (χ1n) is 5.73. The predicted octanol–water partition coefficient (Wildman–Crippen LogP) is 1.46. The van der Waals surface area contributed by atoms with Crippen LogP contribution < -0.4 is 11.3 Å². The molecule has 0 aliphatic rings. The molecule has 0 saturated heterocycles. The third kappa shape index (κ3) is 4.72. The SMILES string of the molecule is Cc1ccc(F)c(C(CCCS(C)(=O)=O)NN)c1. The van der Waals surface area contributed by atoms with Gasteiger partial charge in [-0.1, -0.05) is 17.7 Å². The summed E-state index contributed by atoms with van der Waals surface area (Å²) in [6.45, 7) is 1.87. The molecule has 1 atom stereocenters. The summed E-state index contributed by atoms with van der Waals surface area (Å²) in [6, 6.07) is 4.43. The molecular formula is C12H19FN2O2S. The van der Waals surface area contributed by atoms with Crippen LogP contribution in [-0.4, -0.2) is 20.4 Å². The second kappa shape index (κ2) is 6.26. The Labute approximate surface area is 107 Å². The van der Waals surface area contributed by atoms with Gasteiger partial charge in [-0.2, -0.15) is 0 Å². The van der Waals surface area contributed by atoms with Crippen molar-refractivity contribution in [2.75, 3.05) is 12.0 Å². The molecule has 0 heterocycles. The van der Waals surface area contributed by atoms with Gasteiger partial charge in [0.25, 0.3) is 0 Å². The molecule has 0 aliphatic carbocycles. The van der Waals surface area contributed by atoms with Gasteiger partial charge < -0.3 is 0 Å². The molecule has 0 aromatic heterocycles. The lowest BCUT2D eigenvalue weighted by molar-refractivity contribution is 0.479. The number of hydrazine groups is 1. The van der Waals surface area contributed by atoms with Gasteiger partial charge in [-0.3, -0.25) is 11.3 Å². The van der Waals surface area contributed by atoms with E-state index in [1.54, 1.807) is 12.1 Å². The molecule has 1 unspecified atom stereocenters. The fourth-order valence-corrected chi connectivity index (χ4v) is 2.50. The molecule has 1 aromatic carbocycles. The van der Waals surface area contributed by atoms with Crippen molar-refractivity contribution in [1.82, 2.24) is 5.43 Å². The van der Waals surface area contributed by atoms with Crippen LogP contribution in [0, 0.1) is 12.7 Å². The van der Waals surface area contributed by atoms with Gasteiger partial charge in [-0.05, 0) is 25.8 Å². The highest BCUT2D eigenvalue weighted by molar-refractivity contribution is 7.90. The summed E-state index contributed by atoms with van der Waals surface area (Å²) >= 11 is 0. The number of sulfone groups is 1. The minimum absolute atomic E-state index is 0.0820. The molecule has 4 nitrogen and oxygen atoms in total. The normalized spacial score (nSPS) is 13.6. The van der Waals surface area contributed by atoms with Gasteiger partial charge in [-0.15, -0.1) is 0 Å². The zero-order chi connectivity index (χ0) is 13.8. The summed E-state index contributed by atoms with van der Waals surface area (Å²) in [5.74, 6) is 5.16. The van der Waals surface area contributed by atoms with Crippen LogP contribution in [0.15, 0.2) is 18.2 Å². The molecule has 0 spiro atoms. The van der Waals surface area contributed by atoms with Crippen LogP contribution in [0.1, 0.15) is 30.0 Å². The van der Waals surface area contributed by atoms with E-state index in [1.165, 1.54) is 12.3 Å². The summed E-state index contributed by atoms with van der Waals surface area (Å²) in [7, 11) is -2.99. The fraction of sp³-hybridized carbons (Fsp3) is 0.500. The standard InChI is InChI=1S/C12H19FN2O2S/c1-9-5-6-11(13)10(8-9)12(15-14)4-3-7-18(2,16)17/h5-6,8,12,15H,3-4,7,14H2,1-2H3. The number of hydrogen-bond donors (Lipinski definition) is 2. The van der Waals surface area contributed by atoms with Gasteiger partial charge in [0.15, 0.2) is 0 Å². The van der Waals surface area contributed by atoms with Crippen molar-refractivity contribution in [2.45, 2.75) is 25.8 Å². The zero-order valence-electron chi connectivity index (χ0n) is 10.6. The highest BCUT2D eigenvalue weighted by Crippen LogP contribution is 2.22. The number of benzene rings is 1. The van der Waals surface area contributed by atoms with Crippen LogP contribution in [0.25, 0.3) is 0 Å². The first-order valence-corrected chi connectivity index (χ1v) is 7.79. The molecular weight excluding hydrogens is 255 g/mol. The molecule has 0 bridgehead atoms. The van der Waals surface area contributed by atoms with Gasteiger partial charge in [-0.25, -0.2) is 12.8 Å². The van der Waals surface area contributed by atoms with E-state index in [1.807, 2.05) is 6.92 Å². The van der Waals surface area contributed by atoms with E-state index in [0.717, 1.165) is 5.56 Å². The second-order valence-corrected chi connectivity index (χ2v) is 6.78. The zero-order valence-corrected chi connectivity index (χ0v) is 11.4. The van der Waals surface area contributed by atoms with E-state index in [9.17, 15) is 12.8 Å². The third-order valence-corrected chi connectivity index (χ3v) is 3.77. The summed E-state index contributed by atoms with van der Waals surface area (Å²) in [5, 5.41) is 0. The van der Waals surface area contributed by atoms with Crippen molar-refractivity contribution in [3.8, 4) is 0 Å². The molecule has 102 valence electrons. The van der Waals surface area contributed by atoms with Crippen LogP contribution in [0.2, 0.25) is 0 Å². The molecule has 1 rings (SSSR count). The minimum Gasteiger partial charge on any atom is -0.271 e. The number of aryl methyl sites for hydroxylation is 1. The van der Waals surface area contributed by atoms with Gasteiger partial charge in [0.2, 0.25) is 0 Å². The largest absolute Gasteiger partial charge is 0.271 e. The molecule has 1 aromatic rings. The number of nitrogens with two attached hydrogens (primary N) is 1. The maximum Gasteiger partial charge on any atom is 0.147 e. The Balaban J connectivity index is 2.74. The van der Waals surface area contributed by atoms with Crippen LogP contribution in [0.4, 0.5) is 4.39 Å². The first kappa shape index (κ1) is 15.1. The lowest BCUT2D eigenvalue weighted by Gasteiger charge is -2.17. The second-order valence-electron chi connectivity index (χ2n) is 4.52. The summed E-state index contributed by atoms with van der Waals surface area (Å²) < 4.78 is 35.7. The van der Waals surface area contributed by atoms with Crippen molar-refractivity contribution in [2.24, 2.45) is 5.84 Å². The average molecular weight is 274 g/mol. The third-order valence-electron chi connectivity index (χ3n) is 2.74. The van der Waals surface area contributed by atoms with Crippen molar-refractivity contribution >= 4 is 9.84 Å². The molecule has 0 amide bonds. The molecule has 6 heteroatoms.